The molecule has 0 spiro atoms. The topological polar surface area (TPSA) is 65.5 Å². The highest BCUT2D eigenvalue weighted by atomic mass is 79.9. The summed E-state index contributed by atoms with van der Waals surface area (Å²) in [6.07, 6.45) is 0.253. The molecule has 0 saturated carbocycles. The SMILES string of the molecule is CN1C(=O)C2C(N=C(Br)N2CCCOc2ccccc2)N(C)C1=O. The van der Waals surface area contributed by atoms with E-state index in [1.165, 1.54) is 11.9 Å². The number of carbonyl (C=O) groups is 2. The molecule has 0 N–H and O–H groups in total. The third-order valence-electron chi connectivity index (χ3n) is 4.22. The first-order chi connectivity index (χ1) is 11.5. The highest BCUT2D eigenvalue weighted by Crippen LogP contribution is 2.28. The van der Waals surface area contributed by atoms with Gasteiger partial charge >= 0.3 is 6.03 Å². The van der Waals surface area contributed by atoms with Crippen molar-refractivity contribution < 1.29 is 14.3 Å². The molecule has 128 valence electrons. The molecule has 2 atom stereocenters. The number of hydrogen-bond acceptors (Lipinski definition) is 5. The molecule has 1 aromatic rings. The van der Waals surface area contributed by atoms with Crippen LogP contribution in [0.3, 0.4) is 0 Å². The van der Waals surface area contributed by atoms with Crippen LogP contribution in [-0.4, -0.2) is 70.8 Å². The standard InChI is InChI=1S/C16H19BrN4O3/c1-19-13-12(14(22)20(2)16(19)23)21(15(17)18-13)9-6-10-24-11-7-4-3-5-8-11/h3-5,7-8,12-13H,6,9-10H2,1-2H3. The Morgan fingerprint density at radius 3 is 2.62 bits per heavy atom. The maximum atomic E-state index is 12.5. The molecular formula is C16H19BrN4O3. The second-order valence-electron chi connectivity index (χ2n) is 5.76. The van der Waals surface area contributed by atoms with Crippen LogP contribution in [0, 0.1) is 0 Å². The van der Waals surface area contributed by atoms with Gasteiger partial charge in [0.1, 0.15) is 5.75 Å². The van der Waals surface area contributed by atoms with Crippen molar-refractivity contribution in [3.8, 4) is 5.75 Å². The molecule has 3 amide bonds. The molecule has 2 aliphatic heterocycles. The van der Waals surface area contributed by atoms with Gasteiger partial charge in [0.15, 0.2) is 17.0 Å². The smallest absolute Gasteiger partial charge is 0.328 e. The number of ether oxygens (including phenoxy) is 1. The second-order valence-corrected chi connectivity index (χ2v) is 6.47. The molecule has 7 nitrogen and oxygen atoms in total. The maximum Gasteiger partial charge on any atom is 0.328 e. The molecular weight excluding hydrogens is 376 g/mol. The molecule has 1 aromatic carbocycles. The summed E-state index contributed by atoms with van der Waals surface area (Å²) in [6, 6.07) is 8.78. The van der Waals surface area contributed by atoms with Gasteiger partial charge in [-0.3, -0.25) is 9.69 Å². The minimum absolute atomic E-state index is 0.231. The first kappa shape index (κ1) is 16.8. The third kappa shape index (κ3) is 2.98. The van der Waals surface area contributed by atoms with Crippen LogP contribution in [0.2, 0.25) is 0 Å². The van der Waals surface area contributed by atoms with Crippen molar-refractivity contribution in [3.63, 3.8) is 0 Å². The van der Waals surface area contributed by atoms with Gasteiger partial charge in [-0.1, -0.05) is 18.2 Å². The summed E-state index contributed by atoms with van der Waals surface area (Å²) in [5.74, 6) is 0.591. The van der Waals surface area contributed by atoms with Gasteiger partial charge in [-0.15, -0.1) is 0 Å². The minimum Gasteiger partial charge on any atom is -0.494 e. The van der Waals surface area contributed by atoms with Crippen LogP contribution >= 0.6 is 15.9 Å². The molecule has 0 radical (unpaired) electrons. The Kier molecular flexibility index (Phi) is 4.75. The van der Waals surface area contributed by atoms with Crippen LogP contribution in [0.4, 0.5) is 4.79 Å². The van der Waals surface area contributed by atoms with Gasteiger partial charge in [0.25, 0.3) is 5.91 Å². The van der Waals surface area contributed by atoms with E-state index in [4.69, 9.17) is 4.74 Å². The van der Waals surface area contributed by atoms with E-state index in [0.717, 1.165) is 17.1 Å². The van der Waals surface area contributed by atoms with Crippen LogP contribution in [0.15, 0.2) is 35.3 Å². The van der Waals surface area contributed by atoms with E-state index in [-0.39, 0.29) is 11.9 Å². The molecule has 24 heavy (non-hydrogen) atoms. The first-order valence-corrected chi connectivity index (χ1v) is 8.52. The number of fused-ring (bicyclic) bond motifs is 1. The van der Waals surface area contributed by atoms with Gasteiger partial charge in [-0.25, -0.2) is 9.79 Å². The van der Waals surface area contributed by atoms with Crippen LogP contribution in [-0.2, 0) is 4.79 Å². The van der Waals surface area contributed by atoms with E-state index in [9.17, 15) is 9.59 Å². The number of nitrogens with zero attached hydrogens (tertiary/aromatic N) is 4. The minimum atomic E-state index is -0.483. The highest BCUT2D eigenvalue weighted by molar-refractivity contribution is 9.18. The number of imide groups is 1. The molecule has 2 aliphatic rings. The second kappa shape index (κ2) is 6.80. The summed E-state index contributed by atoms with van der Waals surface area (Å²) in [7, 11) is 3.16. The number of halogens is 1. The van der Waals surface area contributed by atoms with E-state index in [0.29, 0.717) is 17.9 Å². The van der Waals surface area contributed by atoms with E-state index >= 15 is 0 Å². The number of benzene rings is 1. The summed E-state index contributed by atoms with van der Waals surface area (Å²) in [5.41, 5.74) is 0. The number of hydrogen-bond donors (Lipinski definition) is 0. The average Bonchev–Trinajstić information content (AvgIpc) is 2.92. The van der Waals surface area contributed by atoms with Gasteiger partial charge in [0.2, 0.25) is 0 Å². The van der Waals surface area contributed by atoms with Crippen molar-refractivity contribution in [1.29, 1.82) is 0 Å². The lowest BCUT2D eigenvalue weighted by Crippen LogP contribution is -2.63. The maximum absolute atomic E-state index is 12.5. The number of amidine groups is 1. The zero-order chi connectivity index (χ0) is 17.3. The fourth-order valence-corrected chi connectivity index (χ4v) is 3.51. The summed E-state index contributed by atoms with van der Waals surface area (Å²) < 4.78 is 6.28. The van der Waals surface area contributed by atoms with Crippen LogP contribution in [0.25, 0.3) is 0 Å². The van der Waals surface area contributed by atoms with Crippen molar-refractivity contribution in [2.24, 2.45) is 4.99 Å². The number of carbonyl (C=O) groups excluding carboxylic acids is 2. The van der Waals surface area contributed by atoms with Crippen molar-refractivity contribution in [2.45, 2.75) is 18.6 Å². The molecule has 1 saturated heterocycles. The fraction of sp³-hybridized carbons (Fsp3) is 0.438. The lowest BCUT2D eigenvalue weighted by molar-refractivity contribution is -0.136. The Morgan fingerprint density at radius 2 is 1.92 bits per heavy atom. The Hall–Kier alpha value is -2.09. The van der Waals surface area contributed by atoms with Crippen molar-refractivity contribution in [2.75, 3.05) is 27.2 Å². The normalized spacial score (nSPS) is 23.5. The largest absolute Gasteiger partial charge is 0.494 e. The zero-order valence-corrected chi connectivity index (χ0v) is 15.1. The van der Waals surface area contributed by atoms with E-state index in [2.05, 4.69) is 20.9 Å². The Balaban J connectivity index is 1.60. The highest BCUT2D eigenvalue weighted by Gasteiger charge is 2.50. The quantitative estimate of drug-likeness (QED) is 0.563. The lowest BCUT2D eigenvalue weighted by Gasteiger charge is -2.39. The van der Waals surface area contributed by atoms with Gasteiger partial charge in [-0.2, -0.15) is 0 Å². The van der Waals surface area contributed by atoms with Crippen molar-refractivity contribution in [3.05, 3.63) is 30.3 Å². The number of likely N-dealkylation sites (N-methyl/N-ethyl adjacent to an activating group) is 2. The van der Waals surface area contributed by atoms with Crippen LogP contribution < -0.4 is 4.74 Å². The van der Waals surface area contributed by atoms with Gasteiger partial charge in [0, 0.05) is 20.6 Å². The van der Waals surface area contributed by atoms with E-state index in [1.807, 2.05) is 35.2 Å². The van der Waals surface area contributed by atoms with Crippen molar-refractivity contribution >= 4 is 32.6 Å². The van der Waals surface area contributed by atoms with Crippen molar-refractivity contribution in [1.82, 2.24) is 14.7 Å². The van der Waals surface area contributed by atoms with E-state index < -0.39 is 12.2 Å². The molecule has 0 bridgehead atoms. The lowest BCUT2D eigenvalue weighted by atomic mass is 10.1. The average molecular weight is 395 g/mol. The summed E-state index contributed by atoms with van der Waals surface area (Å²) >= 11 is 3.41. The molecule has 3 rings (SSSR count). The fourth-order valence-electron chi connectivity index (χ4n) is 2.90. The van der Waals surface area contributed by atoms with E-state index in [1.54, 1.807) is 7.05 Å². The Morgan fingerprint density at radius 1 is 1.21 bits per heavy atom. The molecule has 2 unspecified atom stereocenters. The summed E-state index contributed by atoms with van der Waals surface area (Å²) in [4.78, 5) is 33.5. The molecule has 0 aromatic heterocycles. The zero-order valence-electron chi connectivity index (χ0n) is 13.6. The van der Waals surface area contributed by atoms with Crippen LogP contribution in [0.5, 0.6) is 5.75 Å². The predicted octanol–water partition coefficient (Wildman–Crippen LogP) is 1.74. The number of para-hydroxylation sites is 1. The molecule has 1 fully saturated rings. The monoisotopic (exact) mass is 394 g/mol. The third-order valence-corrected chi connectivity index (χ3v) is 4.88. The number of rotatable bonds is 5. The summed E-state index contributed by atoms with van der Waals surface area (Å²) in [5, 5.41) is 0. The van der Waals surface area contributed by atoms with Gasteiger partial charge in [0.05, 0.1) is 6.61 Å². The van der Waals surface area contributed by atoms with Gasteiger partial charge < -0.3 is 14.5 Å². The molecule has 2 heterocycles. The summed E-state index contributed by atoms with van der Waals surface area (Å²) in [6.45, 7) is 1.15. The Labute approximate surface area is 149 Å². The molecule has 8 heteroatoms. The van der Waals surface area contributed by atoms with Gasteiger partial charge in [-0.05, 0) is 34.5 Å². The van der Waals surface area contributed by atoms with Crippen LogP contribution in [0.1, 0.15) is 6.42 Å². The Bertz CT molecular complexity index is 667. The number of aliphatic imine (C=N–C) groups is 1. The molecule has 0 aliphatic carbocycles. The predicted molar refractivity (Wildman–Crippen MR) is 93.1 cm³/mol. The first-order valence-electron chi connectivity index (χ1n) is 7.73. The number of amides is 3. The number of urea groups is 1.